The molecule has 0 aromatic carbocycles. The van der Waals surface area contributed by atoms with Crippen LogP contribution in [0.3, 0.4) is 0 Å². The Morgan fingerprint density at radius 1 is 1.31 bits per heavy atom. The van der Waals surface area contributed by atoms with Gasteiger partial charge in [-0.05, 0) is 46.0 Å². The summed E-state index contributed by atoms with van der Waals surface area (Å²) in [5.41, 5.74) is 0.314. The van der Waals surface area contributed by atoms with Gasteiger partial charge in [-0.25, -0.2) is 0 Å². The van der Waals surface area contributed by atoms with Gasteiger partial charge in [-0.3, -0.25) is 9.79 Å². The van der Waals surface area contributed by atoms with Gasteiger partial charge in [-0.2, -0.15) is 0 Å². The van der Waals surface area contributed by atoms with E-state index in [9.17, 15) is 4.79 Å². The first kappa shape index (κ1) is 19.5. The molecule has 148 valence electrons. The number of amides is 1. The van der Waals surface area contributed by atoms with Gasteiger partial charge in [0.25, 0.3) is 0 Å². The molecular weight excluding hydrogens is 328 g/mol. The summed E-state index contributed by atoms with van der Waals surface area (Å²) in [7, 11) is 0. The molecule has 2 aliphatic carbocycles. The SMILES string of the molecule is CCNC(=NCCCN1CCCC1=O)NC1CC(OCC)C12CCCC2. The number of ether oxygens (including phenoxy) is 1. The van der Waals surface area contributed by atoms with Crippen molar-refractivity contribution in [2.45, 2.75) is 77.4 Å². The summed E-state index contributed by atoms with van der Waals surface area (Å²) in [5, 5.41) is 7.08. The number of likely N-dealkylation sites (tertiary alicyclic amines) is 1. The van der Waals surface area contributed by atoms with E-state index in [1.165, 1.54) is 25.7 Å². The monoisotopic (exact) mass is 364 g/mol. The molecule has 3 aliphatic rings. The number of aliphatic imine (C=N–C) groups is 1. The van der Waals surface area contributed by atoms with E-state index >= 15 is 0 Å². The van der Waals surface area contributed by atoms with Gasteiger partial charge in [0.15, 0.2) is 5.96 Å². The number of hydrogen-bond acceptors (Lipinski definition) is 3. The van der Waals surface area contributed by atoms with Crippen LogP contribution in [-0.4, -0.2) is 61.7 Å². The fourth-order valence-electron chi connectivity index (χ4n) is 4.97. The normalized spacial score (nSPS) is 27.8. The maximum Gasteiger partial charge on any atom is 0.222 e. The van der Waals surface area contributed by atoms with Gasteiger partial charge in [0.2, 0.25) is 5.91 Å². The fraction of sp³-hybridized carbons (Fsp3) is 0.900. The number of carbonyl (C=O) groups excluding carboxylic acids is 1. The van der Waals surface area contributed by atoms with Crippen LogP contribution in [0.4, 0.5) is 0 Å². The molecule has 2 N–H and O–H groups in total. The Bertz CT molecular complexity index is 502. The average Bonchev–Trinajstić information content (AvgIpc) is 3.28. The minimum Gasteiger partial charge on any atom is -0.378 e. The molecule has 6 heteroatoms. The second-order valence-corrected chi connectivity index (χ2v) is 7.92. The van der Waals surface area contributed by atoms with Crippen LogP contribution in [0.15, 0.2) is 4.99 Å². The van der Waals surface area contributed by atoms with Gasteiger partial charge in [0.1, 0.15) is 0 Å². The molecule has 0 aromatic rings. The molecule has 3 fully saturated rings. The highest BCUT2D eigenvalue weighted by Gasteiger charge is 2.56. The maximum atomic E-state index is 11.7. The van der Waals surface area contributed by atoms with Crippen LogP contribution in [0.1, 0.15) is 65.2 Å². The molecule has 26 heavy (non-hydrogen) atoms. The second-order valence-electron chi connectivity index (χ2n) is 7.92. The minimum absolute atomic E-state index is 0.304. The van der Waals surface area contributed by atoms with Crippen LogP contribution in [0.25, 0.3) is 0 Å². The largest absolute Gasteiger partial charge is 0.378 e. The zero-order valence-electron chi connectivity index (χ0n) is 16.6. The summed E-state index contributed by atoms with van der Waals surface area (Å²) in [6.07, 6.45) is 9.34. The predicted molar refractivity (Wildman–Crippen MR) is 104 cm³/mol. The molecular formula is C20H36N4O2. The van der Waals surface area contributed by atoms with Crippen molar-refractivity contribution in [1.29, 1.82) is 0 Å². The minimum atomic E-state index is 0.304. The Morgan fingerprint density at radius 2 is 2.12 bits per heavy atom. The van der Waals surface area contributed by atoms with Crippen molar-refractivity contribution >= 4 is 11.9 Å². The van der Waals surface area contributed by atoms with Crippen LogP contribution in [0.2, 0.25) is 0 Å². The van der Waals surface area contributed by atoms with Crippen LogP contribution in [-0.2, 0) is 9.53 Å². The third-order valence-electron chi connectivity index (χ3n) is 6.37. The number of nitrogens with one attached hydrogen (secondary N) is 2. The molecule has 2 unspecified atom stereocenters. The summed E-state index contributed by atoms with van der Waals surface area (Å²) < 4.78 is 6.02. The van der Waals surface area contributed by atoms with Crippen molar-refractivity contribution in [3.63, 3.8) is 0 Å². The van der Waals surface area contributed by atoms with E-state index in [2.05, 4.69) is 24.5 Å². The van der Waals surface area contributed by atoms with Crippen molar-refractivity contribution in [3.05, 3.63) is 0 Å². The summed E-state index contributed by atoms with van der Waals surface area (Å²) in [6.45, 7) is 8.39. The number of carbonyl (C=O) groups is 1. The van der Waals surface area contributed by atoms with Gasteiger partial charge in [-0.15, -0.1) is 0 Å². The standard InChI is InChI=1S/C20H36N4O2/c1-3-21-19(22-12-8-14-24-13-7-9-18(24)25)23-16-15-17(26-4-2)20(16)10-5-6-11-20/h16-17H,3-15H2,1-2H3,(H2,21,22,23). The smallest absolute Gasteiger partial charge is 0.222 e. The average molecular weight is 365 g/mol. The summed E-state index contributed by atoms with van der Waals surface area (Å²) in [5.74, 6) is 1.23. The highest BCUT2D eigenvalue weighted by molar-refractivity contribution is 5.80. The van der Waals surface area contributed by atoms with Gasteiger partial charge in [0, 0.05) is 50.7 Å². The van der Waals surface area contributed by atoms with Gasteiger partial charge < -0.3 is 20.3 Å². The van der Waals surface area contributed by atoms with Crippen molar-refractivity contribution in [2.24, 2.45) is 10.4 Å². The molecule has 2 atom stereocenters. The molecule has 0 bridgehead atoms. The summed E-state index contributed by atoms with van der Waals surface area (Å²) in [4.78, 5) is 18.4. The first-order chi connectivity index (χ1) is 12.7. The molecule has 1 saturated heterocycles. The zero-order valence-corrected chi connectivity index (χ0v) is 16.6. The number of guanidine groups is 1. The second kappa shape index (κ2) is 9.07. The lowest BCUT2D eigenvalue weighted by molar-refractivity contribution is -0.127. The number of nitrogens with zero attached hydrogens (tertiary/aromatic N) is 2. The Labute approximate surface area is 158 Å². The Balaban J connectivity index is 1.50. The first-order valence-electron chi connectivity index (χ1n) is 10.6. The molecule has 0 aromatic heterocycles. The molecule has 6 nitrogen and oxygen atoms in total. The van der Waals surface area contributed by atoms with Gasteiger partial charge >= 0.3 is 0 Å². The van der Waals surface area contributed by atoms with Crippen molar-refractivity contribution < 1.29 is 9.53 Å². The number of hydrogen-bond donors (Lipinski definition) is 2. The van der Waals surface area contributed by atoms with E-state index in [0.29, 0.717) is 23.5 Å². The Morgan fingerprint density at radius 3 is 2.77 bits per heavy atom. The van der Waals surface area contributed by atoms with Gasteiger partial charge in [-0.1, -0.05) is 12.8 Å². The van der Waals surface area contributed by atoms with E-state index in [4.69, 9.17) is 9.73 Å². The van der Waals surface area contributed by atoms with E-state index < -0.39 is 0 Å². The van der Waals surface area contributed by atoms with Crippen LogP contribution in [0, 0.1) is 5.41 Å². The van der Waals surface area contributed by atoms with Gasteiger partial charge in [0.05, 0.1) is 6.10 Å². The first-order valence-corrected chi connectivity index (χ1v) is 10.6. The van der Waals surface area contributed by atoms with Crippen LogP contribution < -0.4 is 10.6 Å². The van der Waals surface area contributed by atoms with Crippen LogP contribution >= 0.6 is 0 Å². The van der Waals surface area contributed by atoms with E-state index in [-0.39, 0.29) is 0 Å². The molecule has 0 radical (unpaired) electrons. The van der Waals surface area contributed by atoms with E-state index in [1.54, 1.807) is 0 Å². The van der Waals surface area contributed by atoms with E-state index in [1.807, 2.05) is 4.90 Å². The number of rotatable bonds is 8. The Hall–Kier alpha value is -1.30. The van der Waals surface area contributed by atoms with E-state index in [0.717, 1.165) is 64.4 Å². The van der Waals surface area contributed by atoms with Crippen LogP contribution in [0.5, 0.6) is 0 Å². The summed E-state index contributed by atoms with van der Waals surface area (Å²) in [6, 6.07) is 0.472. The fourth-order valence-corrected chi connectivity index (χ4v) is 4.97. The highest BCUT2D eigenvalue weighted by Crippen LogP contribution is 2.54. The third kappa shape index (κ3) is 4.16. The van der Waals surface area contributed by atoms with Crippen molar-refractivity contribution in [2.75, 3.05) is 32.8 Å². The van der Waals surface area contributed by atoms with Crippen molar-refractivity contribution in [3.8, 4) is 0 Å². The summed E-state index contributed by atoms with van der Waals surface area (Å²) >= 11 is 0. The Kier molecular flexibility index (Phi) is 6.79. The molecule has 1 amide bonds. The maximum absolute atomic E-state index is 11.7. The molecule has 2 saturated carbocycles. The molecule has 1 aliphatic heterocycles. The lowest BCUT2D eigenvalue weighted by atomic mass is 9.60. The lowest BCUT2D eigenvalue weighted by Crippen LogP contribution is -2.65. The lowest BCUT2D eigenvalue weighted by Gasteiger charge is -2.54. The highest BCUT2D eigenvalue weighted by atomic mass is 16.5. The molecule has 1 spiro atoms. The quantitative estimate of drug-likeness (QED) is 0.394. The molecule has 1 heterocycles. The van der Waals surface area contributed by atoms with Crippen molar-refractivity contribution in [1.82, 2.24) is 15.5 Å². The molecule has 3 rings (SSSR count). The topological polar surface area (TPSA) is 66.0 Å². The third-order valence-corrected chi connectivity index (χ3v) is 6.37. The predicted octanol–water partition coefficient (Wildman–Crippen LogP) is 2.29. The zero-order chi connectivity index (χ0) is 18.4.